The highest BCUT2D eigenvalue weighted by Crippen LogP contribution is 2.43. The zero-order chi connectivity index (χ0) is 24.0. The molecule has 0 N–H and O–H groups in total. The summed E-state index contributed by atoms with van der Waals surface area (Å²) in [6, 6.07) is 17.6. The number of rotatable bonds is 5. The van der Waals surface area contributed by atoms with E-state index < -0.39 is 6.04 Å². The largest absolute Gasteiger partial charge is 0.493 e. The van der Waals surface area contributed by atoms with Crippen LogP contribution in [-0.2, 0) is 0 Å². The van der Waals surface area contributed by atoms with Crippen LogP contribution in [-0.4, -0.2) is 19.6 Å². The number of hydrogen-bond donors (Lipinski definition) is 0. The van der Waals surface area contributed by atoms with Gasteiger partial charge in [-0.3, -0.25) is 14.5 Å². The first-order valence-corrected chi connectivity index (χ1v) is 11.7. The third kappa shape index (κ3) is 3.56. The van der Waals surface area contributed by atoms with Crippen LogP contribution in [0.15, 0.2) is 74.3 Å². The molecule has 0 aliphatic carbocycles. The predicted octanol–water partition coefficient (Wildman–Crippen LogP) is 6.02. The van der Waals surface area contributed by atoms with E-state index in [0.717, 1.165) is 10.0 Å². The van der Waals surface area contributed by atoms with Gasteiger partial charge in [0.05, 0.1) is 30.7 Å². The minimum Gasteiger partial charge on any atom is -0.493 e. The van der Waals surface area contributed by atoms with Gasteiger partial charge in [0, 0.05) is 10.2 Å². The Morgan fingerprint density at radius 3 is 2.59 bits per heavy atom. The Morgan fingerprint density at radius 2 is 1.85 bits per heavy atom. The number of halogens is 1. The number of benzene rings is 3. The van der Waals surface area contributed by atoms with E-state index in [-0.39, 0.29) is 17.1 Å². The minimum absolute atomic E-state index is 0.0548. The zero-order valence-corrected chi connectivity index (χ0v) is 20.5. The van der Waals surface area contributed by atoms with Crippen molar-refractivity contribution < 1.29 is 18.7 Å². The average Bonchev–Trinajstić information content (AvgIpc) is 3.12. The lowest BCUT2D eigenvalue weighted by Gasteiger charge is -2.26. The summed E-state index contributed by atoms with van der Waals surface area (Å²) in [4.78, 5) is 29.1. The summed E-state index contributed by atoms with van der Waals surface area (Å²) in [7, 11) is 1.56. The summed E-state index contributed by atoms with van der Waals surface area (Å²) in [5.74, 6) is 0.800. The molecule has 1 amide bonds. The molecule has 0 radical (unpaired) electrons. The van der Waals surface area contributed by atoms with Gasteiger partial charge in [-0.05, 0) is 61.9 Å². The lowest BCUT2D eigenvalue weighted by molar-refractivity contribution is 0.0971. The van der Waals surface area contributed by atoms with Crippen LogP contribution in [0.3, 0.4) is 0 Å². The van der Waals surface area contributed by atoms with Crippen LogP contribution >= 0.6 is 15.9 Å². The van der Waals surface area contributed by atoms with Crippen LogP contribution in [0.25, 0.3) is 11.0 Å². The van der Waals surface area contributed by atoms with Crippen LogP contribution in [0.1, 0.15) is 40.2 Å². The molecule has 34 heavy (non-hydrogen) atoms. The summed E-state index contributed by atoms with van der Waals surface area (Å²) in [5.41, 5.74) is 2.78. The van der Waals surface area contributed by atoms with Crippen molar-refractivity contribution in [3.63, 3.8) is 0 Å². The van der Waals surface area contributed by atoms with E-state index in [9.17, 15) is 9.59 Å². The second-order valence-electron chi connectivity index (χ2n) is 8.07. The van der Waals surface area contributed by atoms with E-state index in [1.165, 1.54) is 0 Å². The predicted molar refractivity (Wildman–Crippen MR) is 134 cm³/mol. The summed E-state index contributed by atoms with van der Waals surface area (Å²) in [5, 5.41) is 0.450. The first-order valence-electron chi connectivity index (χ1n) is 10.9. The van der Waals surface area contributed by atoms with E-state index in [0.29, 0.717) is 45.9 Å². The monoisotopic (exact) mass is 519 g/mol. The standard InChI is InChI=1S/C27H22BrNO5/c1-4-33-21-11-9-16(13-22(21)32-3)24-23-25(30)19-12-15(2)8-10-20(19)34-26(23)27(31)29(24)18-7-5-6-17(28)14-18/h5-14,24H,4H2,1-3H3. The maximum absolute atomic E-state index is 13.8. The van der Waals surface area contributed by atoms with Crippen LogP contribution in [0.2, 0.25) is 0 Å². The molecule has 3 aromatic carbocycles. The molecule has 2 heterocycles. The van der Waals surface area contributed by atoms with Crippen molar-refractivity contribution >= 4 is 38.5 Å². The number of fused-ring (bicyclic) bond motifs is 2. The lowest BCUT2D eigenvalue weighted by Crippen LogP contribution is -2.29. The Hall–Kier alpha value is -3.58. The van der Waals surface area contributed by atoms with Gasteiger partial charge in [0.25, 0.3) is 5.91 Å². The Morgan fingerprint density at radius 1 is 1.03 bits per heavy atom. The first-order chi connectivity index (χ1) is 16.4. The Balaban J connectivity index is 1.80. The highest BCUT2D eigenvalue weighted by molar-refractivity contribution is 9.10. The van der Waals surface area contributed by atoms with Gasteiger partial charge in [0.1, 0.15) is 5.58 Å². The number of nitrogens with zero attached hydrogens (tertiary/aromatic N) is 1. The number of carbonyl (C=O) groups is 1. The quantitative estimate of drug-likeness (QED) is 0.322. The molecule has 7 heteroatoms. The third-order valence-electron chi connectivity index (χ3n) is 5.92. The van der Waals surface area contributed by atoms with Crippen LogP contribution < -0.4 is 19.8 Å². The molecule has 1 aliphatic rings. The van der Waals surface area contributed by atoms with Crippen molar-refractivity contribution in [3.8, 4) is 11.5 Å². The van der Waals surface area contributed by atoms with Crippen molar-refractivity contribution in [2.75, 3.05) is 18.6 Å². The fraction of sp³-hybridized carbons (Fsp3) is 0.185. The van der Waals surface area contributed by atoms with E-state index >= 15 is 0 Å². The normalized spacial score (nSPS) is 15.0. The first kappa shape index (κ1) is 22.2. The molecule has 5 rings (SSSR count). The van der Waals surface area contributed by atoms with Crippen molar-refractivity contribution in [1.29, 1.82) is 0 Å². The molecule has 4 aromatic rings. The van der Waals surface area contributed by atoms with E-state index in [4.69, 9.17) is 13.9 Å². The fourth-order valence-electron chi connectivity index (χ4n) is 4.42. The zero-order valence-electron chi connectivity index (χ0n) is 18.9. The van der Waals surface area contributed by atoms with Crippen molar-refractivity contribution in [3.05, 3.63) is 97.8 Å². The number of aryl methyl sites for hydroxylation is 1. The molecule has 1 unspecified atom stereocenters. The van der Waals surface area contributed by atoms with Gasteiger partial charge in [0.15, 0.2) is 16.9 Å². The van der Waals surface area contributed by atoms with Gasteiger partial charge in [0.2, 0.25) is 5.76 Å². The van der Waals surface area contributed by atoms with Crippen molar-refractivity contribution in [2.24, 2.45) is 0 Å². The molecule has 1 aliphatic heterocycles. The van der Waals surface area contributed by atoms with E-state index in [1.54, 1.807) is 30.2 Å². The van der Waals surface area contributed by atoms with Gasteiger partial charge in [-0.15, -0.1) is 0 Å². The van der Waals surface area contributed by atoms with Gasteiger partial charge < -0.3 is 13.9 Å². The topological polar surface area (TPSA) is 69.0 Å². The maximum atomic E-state index is 13.8. The van der Waals surface area contributed by atoms with Crippen LogP contribution in [0.4, 0.5) is 5.69 Å². The molecule has 172 valence electrons. The Labute approximate surface area is 204 Å². The summed E-state index contributed by atoms with van der Waals surface area (Å²) >= 11 is 3.49. The Bertz CT molecular complexity index is 1490. The molecule has 0 saturated carbocycles. The molecular formula is C27H22BrNO5. The summed E-state index contributed by atoms with van der Waals surface area (Å²) < 4.78 is 18.1. The van der Waals surface area contributed by atoms with Gasteiger partial charge in [-0.1, -0.05) is 39.7 Å². The molecule has 0 spiro atoms. The average molecular weight is 520 g/mol. The third-order valence-corrected chi connectivity index (χ3v) is 6.41. The van der Waals surface area contributed by atoms with Crippen LogP contribution in [0.5, 0.6) is 11.5 Å². The number of hydrogen-bond acceptors (Lipinski definition) is 5. The summed E-state index contributed by atoms with van der Waals surface area (Å²) in [6.45, 7) is 4.30. The number of carbonyl (C=O) groups excluding carboxylic acids is 1. The molecular weight excluding hydrogens is 498 g/mol. The molecule has 0 bridgehead atoms. The molecule has 0 saturated heterocycles. The summed E-state index contributed by atoms with van der Waals surface area (Å²) in [6.07, 6.45) is 0. The van der Waals surface area contributed by atoms with Crippen molar-refractivity contribution in [1.82, 2.24) is 0 Å². The molecule has 6 nitrogen and oxygen atoms in total. The Kier molecular flexibility index (Phi) is 5.65. The number of methoxy groups -OCH3 is 1. The molecule has 0 fully saturated rings. The van der Waals surface area contributed by atoms with Crippen LogP contribution in [0, 0.1) is 6.92 Å². The highest BCUT2D eigenvalue weighted by atomic mass is 79.9. The van der Waals surface area contributed by atoms with Gasteiger partial charge >= 0.3 is 0 Å². The van der Waals surface area contributed by atoms with Crippen molar-refractivity contribution in [2.45, 2.75) is 19.9 Å². The smallest absolute Gasteiger partial charge is 0.295 e. The second kappa shape index (κ2) is 8.65. The van der Waals surface area contributed by atoms with Gasteiger partial charge in [-0.2, -0.15) is 0 Å². The number of amides is 1. The highest BCUT2D eigenvalue weighted by Gasteiger charge is 2.44. The van der Waals surface area contributed by atoms with E-state index in [1.807, 2.05) is 56.3 Å². The fourth-order valence-corrected chi connectivity index (χ4v) is 4.81. The minimum atomic E-state index is -0.692. The SMILES string of the molecule is CCOc1ccc(C2c3c(oc4ccc(C)cc4c3=O)C(=O)N2c2cccc(Br)c2)cc1OC. The molecule has 1 aromatic heterocycles. The van der Waals surface area contributed by atoms with E-state index in [2.05, 4.69) is 15.9 Å². The van der Waals surface area contributed by atoms with Gasteiger partial charge in [-0.25, -0.2) is 0 Å². The number of ether oxygens (including phenoxy) is 2. The second-order valence-corrected chi connectivity index (χ2v) is 8.99. The number of anilines is 1. The molecule has 1 atom stereocenters. The lowest BCUT2D eigenvalue weighted by atomic mass is 9.97. The maximum Gasteiger partial charge on any atom is 0.295 e.